The smallest absolute Gasteiger partial charge is 0.133 e. The number of aromatic nitrogens is 1. The zero-order chi connectivity index (χ0) is 33.4. The molecule has 0 radical (unpaired) electrons. The lowest BCUT2D eigenvalue weighted by molar-refractivity contribution is 0.850. The molecule has 3 heterocycles. The highest BCUT2D eigenvalue weighted by atomic mass is 28.3. The maximum Gasteiger partial charge on any atom is 0.133 e. The SMILES string of the molecule is C[Si-]1(C)c2ccccc2-c2ccc(C3C=C(n4c5ccccc5c5cc(-c6ccc(C7=N[C@@H]8C=CC=CC8=CN7)cc6)ccc54)C=CC3)cc21. The number of nitrogens with zero attached hydrogens (tertiary/aromatic N) is 2. The molecule has 3 nitrogen and oxygen atoms in total. The molecule has 0 saturated carbocycles. The second-order valence-electron chi connectivity index (χ2n) is 14.4. The van der Waals surface area contributed by atoms with Crippen molar-refractivity contribution >= 4 is 51.8 Å². The third-order valence-corrected chi connectivity index (χ3v) is 14.7. The van der Waals surface area contributed by atoms with E-state index in [1.165, 1.54) is 60.9 Å². The molecule has 6 aromatic rings. The van der Waals surface area contributed by atoms with Crippen LogP contribution in [0.1, 0.15) is 23.5 Å². The Labute approximate surface area is 294 Å². The zero-order valence-electron chi connectivity index (χ0n) is 28.3. The average molecular weight is 660 g/mol. The largest absolute Gasteiger partial charge is 0.346 e. The summed E-state index contributed by atoms with van der Waals surface area (Å²) in [5, 5.41) is 9.08. The van der Waals surface area contributed by atoms with Gasteiger partial charge in [0.25, 0.3) is 0 Å². The van der Waals surface area contributed by atoms with Crippen molar-refractivity contribution in [2.24, 2.45) is 4.99 Å². The third-order valence-electron chi connectivity index (χ3n) is 11.2. The number of allylic oxidation sites excluding steroid dienone is 6. The van der Waals surface area contributed by atoms with E-state index >= 15 is 0 Å². The van der Waals surface area contributed by atoms with Crippen LogP contribution < -0.4 is 15.7 Å². The maximum absolute atomic E-state index is 4.94. The number of para-hydroxylation sites is 1. The minimum absolute atomic E-state index is 0.0835. The predicted molar refractivity (Wildman–Crippen MR) is 214 cm³/mol. The number of hydrogen-bond acceptors (Lipinski definition) is 2. The highest BCUT2D eigenvalue weighted by Crippen LogP contribution is 2.39. The molecule has 1 N–H and O–H groups in total. The molecule has 4 heteroatoms. The van der Waals surface area contributed by atoms with Crippen LogP contribution in [0.15, 0.2) is 168 Å². The van der Waals surface area contributed by atoms with Crippen molar-refractivity contribution in [3.05, 3.63) is 175 Å². The van der Waals surface area contributed by atoms with Crippen LogP contribution in [0.2, 0.25) is 13.1 Å². The number of hydrogen-bond donors (Lipinski definition) is 1. The molecule has 5 aromatic carbocycles. The summed E-state index contributed by atoms with van der Waals surface area (Å²) in [4.78, 5) is 4.94. The fraction of sp³-hybridized carbons (Fsp3) is 0.109. The van der Waals surface area contributed by atoms with Gasteiger partial charge in [-0.15, -0.1) is 0 Å². The van der Waals surface area contributed by atoms with Gasteiger partial charge in [0.05, 0.1) is 17.1 Å². The zero-order valence-corrected chi connectivity index (χ0v) is 29.3. The lowest BCUT2D eigenvalue weighted by atomic mass is 9.90. The summed E-state index contributed by atoms with van der Waals surface area (Å²) in [6.45, 7) is 5.01. The van der Waals surface area contributed by atoms with Crippen LogP contribution in [0.4, 0.5) is 0 Å². The molecule has 0 bridgehead atoms. The Balaban J connectivity index is 1.00. The summed E-state index contributed by atoms with van der Waals surface area (Å²) >= 11 is 0. The van der Waals surface area contributed by atoms with Crippen LogP contribution in [0.3, 0.4) is 0 Å². The number of rotatable bonds is 4. The standard InChI is InChI=1S/C46H37N3Si/c1-50(2)44-17-8-5-14-38(44)39-24-22-34(28-45(39)50)32-11-9-12-36(26-32)49-42-16-7-4-13-37(42)40-27-33(23-25-43(40)49)30-18-20-31(21-19-30)46-47-29-35-10-3-6-15-41(35)48-46/h3-10,12-29,32,41H,11H2,1-2H3,(H,47,48)/q-1/t32?,41-/m1/s1. The summed E-state index contributed by atoms with van der Waals surface area (Å²) in [7, 11) is -1.73. The Bertz CT molecular complexity index is 2570. The summed E-state index contributed by atoms with van der Waals surface area (Å²) in [5.41, 5.74) is 12.7. The summed E-state index contributed by atoms with van der Waals surface area (Å²) in [6, 6.07) is 41.0. The van der Waals surface area contributed by atoms with Crippen LogP contribution in [-0.4, -0.2) is 24.5 Å². The van der Waals surface area contributed by atoms with Gasteiger partial charge in [-0.2, -0.15) is 23.5 Å². The van der Waals surface area contributed by atoms with E-state index in [4.69, 9.17) is 4.99 Å². The van der Waals surface area contributed by atoms with Gasteiger partial charge in [-0.3, -0.25) is 4.99 Å². The van der Waals surface area contributed by atoms with Crippen LogP contribution in [0, 0.1) is 0 Å². The number of aliphatic imine (C=N–C) groups is 1. The van der Waals surface area contributed by atoms with Crippen molar-refractivity contribution < 1.29 is 0 Å². The van der Waals surface area contributed by atoms with Gasteiger partial charge >= 0.3 is 0 Å². The number of fused-ring (bicyclic) bond motifs is 7. The summed E-state index contributed by atoms with van der Waals surface area (Å²) in [6.07, 6.45) is 18.6. The van der Waals surface area contributed by atoms with Gasteiger partial charge in [0.15, 0.2) is 0 Å². The van der Waals surface area contributed by atoms with Crippen LogP contribution in [-0.2, 0) is 0 Å². The normalized spacial score (nSPS) is 19.8. The number of nitrogens with one attached hydrogen (secondary N) is 1. The Morgan fingerprint density at radius 1 is 0.700 bits per heavy atom. The Kier molecular flexibility index (Phi) is 6.52. The highest BCUT2D eigenvalue weighted by molar-refractivity contribution is 7.03. The van der Waals surface area contributed by atoms with E-state index in [9.17, 15) is 0 Å². The first kappa shape index (κ1) is 29.2. The minimum atomic E-state index is -1.73. The molecular formula is C46H37N3Si-. The third kappa shape index (κ3) is 4.52. The first-order valence-electron chi connectivity index (χ1n) is 17.7. The van der Waals surface area contributed by atoms with Crippen molar-refractivity contribution in [1.82, 2.24) is 9.88 Å². The van der Waals surface area contributed by atoms with E-state index in [-0.39, 0.29) is 6.04 Å². The van der Waals surface area contributed by atoms with Crippen LogP contribution in [0.5, 0.6) is 0 Å². The van der Waals surface area contributed by atoms with E-state index in [0.29, 0.717) is 5.92 Å². The molecule has 0 spiro atoms. The van der Waals surface area contributed by atoms with E-state index < -0.39 is 8.07 Å². The first-order chi connectivity index (χ1) is 24.5. The Morgan fingerprint density at radius 3 is 2.40 bits per heavy atom. The molecule has 50 heavy (non-hydrogen) atoms. The Morgan fingerprint density at radius 2 is 1.48 bits per heavy atom. The van der Waals surface area contributed by atoms with Crippen molar-refractivity contribution in [1.29, 1.82) is 0 Å². The minimum Gasteiger partial charge on any atom is -0.346 e. The monoisotopic (exact) mass is 659 g/mol. The molecule has 10 rings (SSSR count). The van der Waals surface area contributed by atoms with Crippen LogP contribution >= 0.6 is 0 Å². The second-order valence-corrected chi connectivity index (χ2v) is 18.8. The molecule has 241 valence electrons. The Hall–Kier alpha value is -5.71. The first-order valence-corrected chi connectivity index (χ1v) is 20.7. The van der Waals surface area contributed by atoms with Crippen molar-refractivity contribution in [3.8, 4) is 22.3 Å². The summed E-state index contributed by atoms with van der Waals surface area (Å²) in [5.74, 6) is 1.24. The molecule has 4 aliphatic rings. The van der Waals surface area contributed by atoms with Gasteiger partial charge in [-0.1, -0.05) is 147 Å². The van der Waals surface area contributed by atoms with Gasteiger partial charge in [0.1, 0.15) is 5.84 Å². The van der Waals surface area contributed by atoms with Gasteiger partial charge in [0, 0.05) is 34.2 Å². The molecule has 1 aromatic heterocycles. The molecule has 0 fully saturated rings. The van der Waals surface area contributed by atoms with Crippen molar-refractivity contribution in [2.45, 2.75) is 31.5 Å². The summed E-state index contributed by atoms with van der Waals surface area (Å²) < 4.78 is 2.46. The second kappa shape index (κ2) is 11.2. The van der Waals surface area contributed by atoms with Crippen LogP contribution in [0.25, 0.3) is 49.8 Å². The highest BCUT2D eigenvalue weighted by Gasteiger charge is 2.27. The van der Waals surface area contributed by atoms with E-state index in [2.05, 4.69) is 181 Å². The lowest BCUT2D eigenvalue weighted by Gasteiger charge is -2.32. The average Bonchev–Trinajstić information content (AvgIpc) is 3.62. The maximum atomic E-state index is 4.94. The quantitative estimate of drug-likeness (QED) is 0.188. The molecule has 1 unspecified atom stereocenters. The molecule has 2 aliphatic carbocycles. The molecule has 2 atom stereocenters. The number of amidine groups is 1. The van der Waals surface area contributed by atoms with Crippen molar-refractivity contribution in [3.63, 3.8) is 0 Å². The number of benzene rings is 5. The van der Waals surface area contributed by atoms with Gasteiger partial charge in [0.2, 0.25) is 0 Å². The topological polar surface area (TPSA) is 29.3 Å². The predicted octanol–water partition coefficient (Wildman–Crippen LogP) is 9.58. The molecular weight excluding hydrogens is 623 g/mol. The van der Waals surface area contributed by atoms with Gasteiger partial charge in [-0.05, 0) is 53.0 Å². The lowest BCUT2D eigenvalue weighted by Crippen LogP contribution is -2.49. The van der Waals surface area contributed by atoms with E-state index in [0.717, 1.165) is 17.8 Å². The fourth-order valence-electron chi connectivity index (χ4n) is 8.53. The van der Waals surface area contributed by atoms with Gasteiger partial charge in [-0.25, -0.2) is 0 Å². The van der Waals surface area contributed by atoms with Crippen molar-refractivity contribution in [2.75, 3.05) is 0 Å². The fourth-order valence-corrected chi connectivity index (χ4v) is 11.6. The molecule has 2 aliphatic heterocycles. The molecule has 0 saturated heterocycles. The van der Waals surface area contributed by atoms with Gasteiger partial charge < -0.3 is 9.88 Å². The molecule has 0 amide bonds. The van der Waals surface area contributed by atoms with E-state index in [1.54, 1.807) is 10.4 Å². The van der Waals surface area contributed by atoms with E-state index in [1.807, 2.05) is 0 Å².